The molecular formula is C15H22N4O3. The molecule has 7 heteroatoms. The van der Waals surface area contributed by atoms with Crippen molar-refractivity contribution < 1.29 is 14.3 Å². The largest absolute Gasteiger partial charge is 0.379 e. The van der Waals surface area contributed by atoms with Crippen LogP contribution in [0.5, 0.6) is 0 Å². The molecule has 7 nitrogen and oxygen atoms in total. The van der Waals surface area contributed by atoms with Crippen LogP contribution in [0, 0.1) is 5.92 Å². The summed E-state index contributed by atoms with van der Waals surface area (Å²) in [6.45, 7) is 1.51. The van der Waals surface area contributed by atoms with Crippen LogP contribution in [0.2, 0.25) is 0 Å². The maximum atomic E-state index is 12.3. The van der Waals surface area contributed by atoms with Gasteiger partial charge in [-0.3, -0.25) is 4.79 Å². The van der Waals surface area contributed by atoms with E-state index < -0.39 is 0 Å². The van der Waals surface area contributed by atoms with E-state index in [9.17, 15) is 4.79 Å². The first-order valence-corrected chi connectivity index (χ1v) is 7.59. The molecule has 1 saturated carbocycles. The maximum Gasteiger partial charge on any atom is 0.225 e. The Bertz CT molecular complexity index is 495. The van der Waals surface area contributed by atoms with E-state index >= 15 is 0 Å². The first-order valence-electron chi connectivity index (χ1n) is 7.59. The number of hydrogen-bond donors (Lipinski definition) is 1. The molecule has 1 aromatic rings. The molecule has 1 amide bonds. The zero-order valence-electron chi connectivity index (χ0n) is 12.9. The third-order valence-electron chi connectivity index (χ3n) is 4.49. The molecule has 22 heavy (non-hydrogen) atoms. The number of ether oxygens (including phenoxy) is 2. The minimum absolute atomic E-state index is 0.0105. The van der Waals surface area contributed by atoms with Crippen LogP contribution in [0.3, 0.4) is 0 Å². The third kappa shape index (κ3) is 3.05. The summed E-state index contributed by atoms with van der Waals surface area (Å²) in [4.78, 5) is 22.8. The maximum absolute atomic E-state index is 12.3. The first kappa shape index (κ1) is 15.2. The minimum Gasteiger partial charge on any atom is -0.379 e. The fourth-order valence-electron chi connectivity index (χ4n) is 3.18. The number of methoxy groups -OCH3 is 2. The summed E-state index contributed by atoms with van der Waals surface area (Å²) in [5.74, 6) is 0.782. The molecular weight excluding hydrogens is 284 g/mol. The topological polar surface area (TPSA) is 76.6 Å². The van der Waals surface area contributed by atoms with E-state index in [4.69, 9.17) is 9.47 Å². The molecule has 3 rings (SSSR count). The Kier molecular flexibility index (Phi) is 4.54. The second-order valence-electron chi connectivity index (χ2n) is 5.88. The lowest BCUT2D eigenvalue weighted by molar-refractivity contribution is -0.126. The standard InChI is InChI=1S/C15H22N4O3/c1-21-12-6-10(7-13(12)22-2)14(20)18-11-8-19(9-11)15-16-4-3-5-17-15/h3-5,10-13H,6-9H2,1-2H3,(H,18,20)/t12-,13-/m1/s1. The SMILES string of the molecule is CO[C@@H]1CC(C(=O)NC2CN(c3ncccn3)C2)C[C@H]1OC. The highest BCUT2D eigenvalue weighted by molar-refractivity contribution is 5.79. The van der Waals surface area contributed by atoms with E-state index in [0.717, 1.165) is 25.9 Å². The number of anilines is 1. The highest BCUT2D eigenvalue weighted by Crippen LogP contribution is 2.30. The summed E-state index contributed by atoms with van der Waals surface area (Å²) in [7, 11) is 3.33. The molecule has 1 N–H and O–H groups in total. The summed E-state index contributed by atoms with van der Waals surface area (Å²) in [6.07, 6.45) is 4.91. The molecule has 2 heterocycles. The van der Waals surface area contributed by atoms with Crippen molar-refractivity contribution in [3.63, 3.8) is 0 Å². The number of rotatable bonds is 5. The van der Waals surface area contributed by atoms with Gasteiger partial charge >= 0.3 is 0 Å². The van der Waals surface area contributed by atoms with Gasteiger partial charge in [0.05, 0.1) is 18.2 Å². The monoisotopic (exact) mass is 306 g/mol. The normalized spacial score (nSPS) is 26.0. The van der Waals surface area contributed by atoms with Crippen LogP contribution in [-0.4, -0.2) is 61.4 Å². The smallest absolute Gasteiger partial charge is 0.225 e. The zero-order chi connectivity index (χ0) is 15.5. The van der Waals surface area contributed by atoms with Crippen molar-refractivity contribution in [2.45, 2.75) is 31.1 Å². The molecule has 2 fully saturated rings. The summed E-state index contributed by atoms with van der Waals surface area (Å²) >= 11 is 0. The zero-order valence-corrected chi connectivity index (χ0v) is 12.9. The Morgan fingerprint density at radius 3 is 2.32 bits per heavy atom. The fraction of sp³-hybridized carbons (Fsp3) is 0.667. The van der Waals surface area contributed by atoms with Gasteiger partial charge in [-0.25, -0.2) is 9.97 Å². The van der Waals surface area contributed by atoms with Crippen LogP contribution >= 0.6 is 0 Å². The summed E-state index contributed by atoms with van der Waals surface area (Å²) in [6, 6.07) is 1.96. The van der Waals surface area contributed by atoms with Crippen molar-refractivity contribution in [2.75, 3.05) is 32.2 Å². The Labute approximate surface area is 130 Å². The van der Waals surface area contributed by atoms with Gasteiger partial charge < -0.3 is 19.7 Å². The highest BCUT2D eigenvalue weighted by atomic mass is 16.5. The van der Waals surface area contributed by atoms with Crippen LogP contribution in [0.25, 0.3) is 0 Å². The number of hydrogen-bond acceptors (Lipinski definition) is 6. The van der Waals surface area contributed by atoms with Crippen LogP contribution in [0.4, 0.5) is 5.95 Å². The number of nitrogens with zero attached hydrogens (tertiary/aromatic N) is 3. The van der Waals surface area contributed by atoms with Crippen LogP contribution in [0.1, 0.15) is 12.8 Å². The van der Waals surface area contributed by atoms with Gasteiger partial charge in [0, 0.05) is 45.6 Å². The predicted molar refractivity (Wildman–Crippen MR) is 80.5 cm³/mol. The first-order chi connectivity index (χ1) is 10.7. The van der Waals surface area contributed by atoms with Crippen molar-refractivity contribution >= 4 is 11.9 Å². The van der Waals surface area contributed by atoms with Gasteiger partial charge in [-0.2, -0.15) is 0 Å². The molecule has 2 atom stereocenters. The number of aromatic nitrogens is 2. The molecule has 1 saturated heterocycles. The van der Waals surface area contributed by atoms with Crippen molar-refractivity contribution in [1.29, 1.82) is 0 Å². The molecule has 1 aliphatic heterocycles. The average Bonchev–Trinajstić information content (AvgIpc) is 2.94. The van der Waals surface area contributed by atoms with Crippen molar-refractivity contribution in [1.82, 2.24) is 15.3 Å². The average molecular weight is 306 g/mol. The minimum atomic E-state index is -0.0306. The fourth-order valence-corrected chi connectivity index (χ4v) is 3.18. The second kappa shape index (κ2) is 6.58. The van der Waals surface area contributed by atoms with Crippen LogP contribution in [0.15, 0.2) is 18.5 Å². The predicted octanol–water partition coefficient (Wildman–Crippen LogP) is 0.221. The molecule has 2 aliphatic rings. The molecule has 0 unspecified atom stereocenters. The summed E-state index contributed by atoms with van der Waals surface area (Å²) in [5.41, 5.74) is 0. The van der Waals surface area contributed by atoms with E-state index in [0.29, 0.717) is 5.95 Å². The van der Waals surface area contributed by atoms with E-state index in [1.807, 2.05) is 0 Å². The van der Waals surface area contributed by atoms with Crippen molar-refractivity contribution in [3.8, 4) is 0 Å². The van der Waals surface area contributed by atoms with Gasteiger partial charge in [0.1, 0.15) is 0 Å². The molecule has 1 aliphatic carbocycles. The van der Waals surface area contributed by atoms with Gasteiger partial charge in [0.25, 0.3) is 0 Å². The number of carbonyl (C=O) groups excluding carboxylic acids is 1. The summed E-state index contributed by atoms with van der Waals surface area (Å²) in [5, 5.41) is 3.10. The number of nitrogens with one attached hydrogen (secondary N) is 1. The van der Waals surface area contributed by atoms with Crippen molar-refractivity contribution in [3.05, 3.63) is 18.5 Å². The van der Waals surface area contributed by atoms with Crippen molar-refractivity contribution in [2.24, 2.45) is 5.92 Å². The molecule has 120 valence electrons. The lowest BCUT2D eigenvalue weighted by Gasteiger charge is -2.39. The van der Waals surface area contributed by atoms with E-state index in [1.165, 1.54) is 0 Å². The van der Waals surface area contributed by atoms with E-state index in [2.05, 4.69) is 20.2 Å². The Morgan fingerprint density at radius 2 is 1.77 bits per heavy atom. The molecule has 0 bridgehead atoms. The van der Waals surface area contributed by atoms with Gasteiger partial charge in [-0.15, -0.1) is 0 Å². The van der Waals surface area contributed by atoms with Gasteiger partial charge in [-0.05, 0) is 18.9 Å². The lowest BCUT2D eigenvalue weighted by atomic mass is 10.0. The number of carbonyl (C=O) groups is 1. The van der Waals surface area contributed by atoms with Crippen LogP contribution < -0.4 is 10.2 Å². The lowest BCUT2D eigenvalue weighted by Crippen LogP contribution is -2.60. The Morgan fingerprint density at radius 1 is 1.18 bits per heavy atom. The highest BCUT2D eigenvalue weighted by Gasteiger charge is 2.40. The third-order valence-corrected chi connectivity index (χ3v) is 4.49. The van der Waals surface area contributed by atoms with Gasteiger partial charge in [0.2, 0.25) is 11.9 Å². The molecule has 0 spiro atoms. The van der Waals surface area contributed by atoms with Gasteiger partial charge in [0.15, 0.2) is 0 Å². The van der Waals surface area contributed by atoms with Gasteiger partial charge in [-0.1, -0.05) is 0 Å². The number of amides is 1. The summed E-state index contributed by atoms with van der Waals surface area (Å²) < 4.78 is 10.8. The van der Waals surface area contributed by atoms with Crippen LogP contribution in [-0.2, 0) is 14.3 Å². The molecule has 1 aromatic heterocycles. The molecule has 0 aromatic carbocycles. The van der Waals surface area contributed by atoms with E-state index in [1.54, 1.807) is 32.7 Å². The quantitative estimate of drug-likeness (QED) is 0.839. The Hall–Kier alpha value is -1.73. The molecule has 0 radical (unpaired) electrons. The Balaban J connectivity index is 1.46. The van der Waals surface area contributed by atoms with E-state index in [-0.39, 0.29) is 30.1 Å². The second-order valence-corrected chi connectivity index (χ2v) is 5.88.